The molecule has 0 bridgehead atoms. The molecule has 1 unspecified atom stereocenters. The maximum Gasteiger partial charge on any atom is 0.573 e. The number of hydrogen-bond donors (Lipinski definition) is 2. The van der Waals surface area contributed by atoms with Crippen LogP contribution in [0, 0.1) is 0 Å². The molecular formula is C27H27F6N5O6. The second-order valence-electron chi connectivity index (χ2n) is 10.6. The summed E-state index contributed by atoms with van der Waals surface area (Å²) in [5.41, 5.74) is -1.82. The molecule has 2 fully saturated rings. The number of hydrogen-bond acceptors (Lipinski definition) is 8. The Balaban J connectivity index is 1.66. The van der Waals surface area contributed by atoms with Crippen LogP contribution in [-0.2, 0) is 25.7 Å². The minimum atomic E-state index is -5.47. The Bertz CT molecular complexity index is 1410. The number of amides is 4. The summed E-state index contributed by atoms with van der Waals surface area (Å²) in [5.74, 6) is -5.92. The summed E-state index contributed by atoms with van der Waals surface area (Å²) in [6, 6.07) is 4.40. The molecule has 44 heavy (non-hydrogen) atoms. The van der Waals surface area contributed by atoms with E-state index in [0.717, 1.165) is 18.2 Å². The number of aromatic nitrogens is 1. The van der Waals surface area contributed by atoms with Crippen LogP contribution in [0.25, 0.3) is 0 Å². The maximum atomic E-state index is 13.4. The number of nitrogens with one attached hydrogen (secondary N) is 2. The number of halogens is 6. The molecule has 2 heterocycles. The summed E-state index contributed by atoms with van der Waals surface area (Å²) in [6.45, 7) is 2.91. The summed E-state index contributed by atoms with van der Waals surface area (Å²) in [6.07, 6.45) is -7.78. The second-order valence-corrected chi connectivity index (χ2v) is 10.6. The number of urea groups is 1. The molecule has 1 saturated carbocycles. The first-order valence-electron chi connectivity index (χ1n) is 13.3. The van der Waals surface area contributed by atoms with Gasteiger partial charge in [-0.05, 0) is 62.6 Å². The topological polar surface area (TPSA) is 130 Å². The van der Waals surface area contributed by atoms with Gasteiger partial charge in [-0.25, -0.2) is 14.5 Å². The van der Waals surface area contributed by atoms with Gasteiger partial charge in [0.2, 0.25) is 6.23 Å². The Morgan fingerprint density at radius 2 is 1.68 bits per heavy atom. The number of pyridine rings is 1. The third-order valence-electron chi connectivity index (χ3n) is 7.06. The Labute approximate surface area is 246 Å². The molecule has 2 aliphatic rings. The standard InChI is InChI=1S/C27H27F6N5O6/c1-25(2)22(40)38(24(42)37(25)14-15-9-11-34-12-10-15)17-7-8-19(44-27(31,32)33)18(13-17)36-20(39)21(35-16-5-3-4-6-16)43-23(41)26(28,29)30/h7-13,16,21,35H,3-6,14H2,1-2H3,(H,36,39). The Morgan fingerprint density at radius 3 is 2.27 bits per heavy atom. The Morgan fingerprint density at radius 1 is 1.05 bits per heavy atom. The molecule has 1 atom stereocenters. The van der Waals surface area contributed by atoms with Crippen LogP contribution >= 0.6 is 0 Å². The van der Waals surface area contributed by atoms with Gasteiger partial charge in [0.1, 0.15) is 5.54 Å². The molecule has 238 valence electrons. The van der Waals surface area contributed by atoms with Crippen LogP contribution in [0.3, 0.4) is 0 Å². The number of esters is 1. The van der Waals surface area contributed by atoms with Crippen LogP contribution in [-0.4, -0.2) is 64.0 Å². The number of rotatable bonds is 9. The van der Waals surface area contributed by atoms with E-state index in [4.69, 9.17) is 0 Å². The average Bonchev–Trinajstić information content (AvgIpc) is 3.50. The highest BCUT2D eigenvalue weighted by Crippen LogP contribution is 2.38. The van der Waals surface area contributed by atoms with Crippen molar-refractivity contribution in [2.45, 2.75) is 76.4 Å². The van der Waals surface area contributed by atoms with E-state index in [-0.39, 0.29) is 12.2 Å². The molecule has 1 aromatic carbocycles. The summed E-state index contributed by atoms with van der Waals surface area (Å²) in [4.78, 5) is 57.3. The first-order chi connectivity index (χ1) is 20.5. The largest absolute Gasteiger partial charge is 0.573 e. The van der Waals surface area contributed by atoms with Gasteiger partial charge in [-0.3, -0.25) is 19.9 Å². The number of carbonyl (C=O) groups is 4. The number of nitrogens with zero attached hydrogens (tertiary/aromatic N) is 3. The predicted octanol–water partition coefficient (Wildman–Crippen LogP) is 4.63. The van der Waals surface area contributed by atoms with E-state index in [2.05, 4.69) is 19.8 Å². The fourth-order valence-electron chi connectivity index (χ4n) is 4.81. The zero-order valence-corrected chi connectivity index (χ0v) is 23.3. The smallest absolute Gasteiger partial charge is 0.430 e. The molecule has 1 aliphatic heterocycles. The Hall–Kier alpha value is -4.41. The van der Waals surface area contributed by atoms with Crippen LogP contribution in [0.5, 0.6) is 5.75 Å². The highest BCUT2D eigenvalue weighted by Gasteiger charge is 2.52. The molecule has 1 aromatic heterocycles. The summed E-state index contributed by atoms with van der Waals surface area (Å²) < 4.78 is 86.7. The molecule has 4 amide bonds. The van der Waals surface area contributed by atoms with Gasteiger partial charge in [0.25, 0.3) is 11.8 Å². The zero-order valence-electron chi connectivity index (χ0n) is 23.3. The fraction of sp³-hybridized carbons (Fsp3) is 0.444. The number of carbonyl (C=O) groups excluding carboxylic acids is 4. The number of ether oxygens (including phenoxy) is 2. The van der Waals surface area contributed by atoms with Crippen molar-refractivity contribution < 1.29 is 55.0 Å². The molecule has 0 radical (unpaired) electrons. The monoisotopic (exact) mass is 631 g/mol. The molecule has 0 spiro atoms. The molecule has 2 aromatic rings. The van der Waals surface area contributed by atoms with Gasteiger partial charge < -0.3 is 19.7 Å². The molecule has 1 aliphatic carbocycles. The van der Waals surface area contributed by atoms with E-state index in [9.17, 15) is 45.5 Å². The van der Waals surface area contributed by atoms with E-state index in [1.54, 1.807) is 12.1 Å². The normalized spacial score (nSPS) is 18.0. The van der Waals surface area contributed by atoms with Crippen LogP contribution in [0.4, 0.5) is 42.5 Å². The SMILES string of the molecule is CC1(C)C(=O)N(c2ccc(OC(F)(F)F)c(NC(=O)C(NC3CCCC3)OC(=O)C(F)(F)F)c2)C(=O)N1Cc1ccncc1. The summed E-state index contributed by atoms with van der Waals surface area (Å²) in [5, 5.41) is 4.47. The van der Waals surface area contributed by atoms with Crippen LogP contribution < -0.4 is 20.3 Å². The lowest BCUT2D eigenvalue weighted by Gasteiger charge is -2.27. The van der Waals surface area contributed by atoms with Crippen LogP contribution in [0.1, 0.15) is 45.1 Å². The van der Waals surface area contributed by atoms with Gasteiger partial charge in [0.15, 0.2) is 5.75 Å². The van der Waals surface area contributed by atoms with E-state index in [1.165, 1.54) is 31.1 Å². The molecule has 4 rings (SSSR count). The highest BCUT2D eigenvalue weighted by molar-refractivity contribution is 6.23. The van der Waals surface area contributed by atoms with Crippen molar-refractivity contribution >= 4 is 35.2 Å². The number of imide groups is 1. The predicted molar refractivity (Wildman–Crippen MR) is 140 cm³/mol. The van der Waals surface area contributed by atoms with Gasteiger partial charge >= 0.3 is 24.5 Å². The first-order valence-corrected chi connectivity index (χ1v) is 13.3. The zero-order chi connectivity index (χ0) is 32.4. The number of alkyl halides is 6. The van der Waals surface area contributed by atoms with Crippen LogP contribution in [0.15, 0.2) is 42.7 Å². The van der Waals surface area contributed by atoms with Crippen molar-refractivity contribution in [1.29, 1.82) is 0 Å². The van der Waals surface area contributed by atoms with Crippen LogP contribution in [0.2, 0.25) is 0 Å². The lowest BCUT2D eigenvalue weighted by Crippen LogP contribution is -2.49. The molecule has 2 N–H and O–H groups in total. The lowest BCUT2D eigenvalue weighted by molar-refractivity contribution is -0.274. The Kier molecular flexibility index (Phi) is 9.08. The van der Waals surface area contributed by atoms with Crippen molar-refractivity contribution in [1.82, 2.24) is 15.2 Å². The van der Waals surface area contributed by atoms with Gasteiger partial charge in [0.05, 0.1) is 11.4 Å². The summed E-state index contributed by atoms with van der Waals surface area (Å²) in [7, 11) is 0. The van der Waals surface area contributed by atoms with Crippen molar-refractivity contribution in [2.75, 3.05) is 10.2 Å². The van der Waals surface area contributed by atoms with E-state index in [0.29, 0.717) is 36.1 Å². The van der Waals surface area contributed by atoms with Crippen molar-refractivity contribution in [3.05, 3.63) is 48.3 Å². The number of benzene rings is 1. The van der Waals surface area contributed by atoms with Gasteiger partial charge in [0, 0.05) is 25.0 Å². The van der Waals surface area contributed by atoms with Crippen molar-refractivity contribution in [3.63, 3.8) is 0 Å². The minimum Gasteiger partial charge on any atom is -0.430 e. The lowest BCUT2D eigenvalue weighted by atomic mass is 10.0. The van der Waals surface area contributed by atoms with E-state index < -0.39 is 65.6 Å². The quantitative estimate of drug-likeness (QED) is 0.177. The first kappa shape index (κ1) is 32.5. The molecule has 17 heteroatoms. The number of anilines is 2. The van der Waals surface area contributed by atoms with Gasteiger partial charge in [-0.1, -0.05) is 12.8 Å². The van der Waals surface area contributed by atoms with Gasteiger partial charge in [-0.15, -0.1) is 13.2 Å². The van der Waals surface area contributed by atoms with Gasteiger partial charge in [-0.2, -0.15) is 13.2 Å². The average molecular weight is 632 g/mol. The fourth-order valence-corrected chi connectivity index (χ4v) is 4.81. The van der Waals surface area contributed by atoms with Crippen molar-refractivity contribution in [2.24, 2.45) is 0 Å². The van der Waals surface area contributed by atoms with Crippen molar-refractivity contribution in [3.8, 4) is 5.75 Å². The van der Waals surface area contributed by atoms with E-state index >= 15 is 0 Å². The summed E-state index contributed by atoms with van der Waals surface area (Å²) >= 11 is 0. The molecule has 11 nitrogen and oxygen atoms in total. The maximum absolute atomic E-state index is 13.4. The highest BCUT2D eigenvalue weighted by atomic mass is 19.4. The van der Waals surface area contributed by atoms with E-state index in [1.807, 2.05) is 5.32 Å². The molecular weight excluding hydrogens is 604 g/mol. The second kappa shape index (κ2) is 12.3. The minimum absolute atomic E-state index is 0.0193. The third-order valence-corrected chi connectivity index (χ3v) is 7.06. The third kappa shape index (κ3) is 7.38. The molecule has 1 saturated heterocycles.